The quantitative estimate of drug-likeness (QED) is 0.657. The molecule has 1 fully saturated rings. The molecule has 0 aromatic rings. The number of nitrogens with zero attached hydrogens (tertiary/aromatic N) is 2. The van der Waals surface area contributed by atoms with Gasteiger partial charge in [-0.1, -0.05) is 26.7 Å². The third-order valence-corrected chi connectivity index (χ3v) is 3.20. The standard InChI is InChI=1S/C11H24N2/c1-4-6-7-11-10-13(5-2)9-8-12(11)3/h11H,4-10H2,1-3H3. The Hall–Kier alpha value is -0.0800. The van der Waals surface area contributed by atoms with Crippen LogP contribution in [0.5, 0.6) is 0 Å². The van der Waals surface area contributed by atoms with Crippen LogP contribution in [0.25, 0.3) is 0 Å². The highest BCUT2D eigenvalue weighted by Crippen LogP contribution is 2.13. The summed E-state index contributed by atoms with van der Waals surface area (Å²) in [6.07, 6.45) is 4.09. The Bertz CT molecular complexity index is 136. The second kappa shape index (κ2) is 5.61. The van der Waals surface area contributed by atoms with Gasteiger partial charge in [-0.3, -0.25) is 0 Å². The smallest absolute Gasteiger partial charge is 0.0220 e. The van der Waals surface area contributed by atoms with Crippen LogP contribution in [0.15, 0.2) is 0 Å². The molecule has 1 aliphatic heterocycles. The molecule has 0 saturated carbocycles. The molecule has 1 atom stereocenters. The molecule has 1 heterocycles. The van der Waals surface area contributed by atoms with E-state index in [0.29, 0.717) is 0 Å². The SMILES string of the molecule is CCCCC1CN(CC)CCN1C. The van der Waals surface area contributed by atoms with Crippen molar-refractivity contribution < 1.29 is 0 Å². The van der Waals surface area contributed by atoms with Crippen LogP contribution in [0.2, 0.25) is 0 Å². The van der Waals surface area contributed by atoms with E-state index < -0.39 is 0 Å². The van der Waals surface area contributed by atoms with Crippen LogP contribution in [-0.2, 0) is 0 Å². The van der Waals surface area contributed by atoms with Gasteiger partial charge in [0.1, 0.15) is 0 Å². The Morgan fingerprint density at radius 3 is 2.62 bits per heavy atom. The fraction of sp³-hybridized carbons (Fsp3) is 1.00. The molecular formula is C11H24N2. The lowest BCUT2D eigenvalue weighted by molar-refractivity contribution is 0.0931. The van der Waals surface area contributed by atoms with E-state index in [4.69, 9.17) is 0 Å². The van der Waals surface area contributed by atoms with Gasteiger partial charge in [0.15, 0.2) is 0 Å². The first-order valence-electron chi connectivity index (χ1n) is 5.70. The molecule has 0 aliphatic carbocycles. The van der Waals surface area contributed by atoms with Crippen molar-refractivity contribution in [1.82, 2.24) is 9.80 Å². The van der Waals surface area contributed by atoms with Crippen molar-refractivity contribution in [3.05, 3.63) is 0 Å². The molecule has 1 rings (SSSR count). The third kappa shape index (κ3) is 3.28. The summed E-state index contributed by atoms with van der Waals surface area (Å²) >= 11 is 0. The second-order valence-electron chi connectivity index (χ2n) is 4.17. The minimum absolute atomic E-state index is 0.814. The van der Waals surface area contributed by atoms with Gasteiger partial charge in [0.05, 0.1) is 0 Å². The fourth-order valence-corrected chi connectivity index (χ4v) is 2.05. The molecule has 0 spiro atoms. The van der Waals surface area contributed by atoms with E-state index in [1.165, 1.54) is 45.4 Å². The van der Waals surface area contributed by atoms with E-state index in [0.717, 1.165) is 6.04 Å². The van der Waals surface area contributed by atoms with E-state index in [1.54, 1.807) is 0 Å². The highest BCUT2D eigenvalue weighted by atomic mass is 15.3. The summed E-state index contributed by atoms with van der Waals surface area (Å²) < 4.78 is 0. The predicted octanol–water partition coefficient (Wildman–Crippen LogP) is 1.81. The molecule has 0 amide bonds. The van der Waals surface area contributed by atoms with Gasteiger partial charge >= 0.3 is 0 Å². The van der Waals surface area contributed by atoms with Crippen molar-refractivity contribution in [2.45, 2.75) is 39.2 Å². The number of rotatable bonds is 4. The van der Waals surface area contributed by atoms with Gasteiger partial charge in [-0.2, -0.15) is 0 Å². The van der Waals surface area contributed by atoms with E-state index in [2.05, 4.69) is 30.7 Å². The van der Waals surface area contributed by atoms with Gasteiger partial charge < -0.3 is 9.80 Å². The molecule has 1 unspecified atom stereocenters. The maximum Gasteiger partial charge on any atom is 0.0220 e. The minimum Gasteiger partial charge on any atom is -0.301 e. The Balaban J connectivity index is 2.31. The van der Waals surface area contributed by atoms with Crippen molar-refractivity contribution >= 4 is 0 Å². The van der Waals surface area contributed by atoms with Gasteiger partial charge in [-0.05, 0) is 20.0 Å². The van der Waals surface area contributed by atoms with Gasteiger partial charge in [0.25, 0.3) is 0 Å². The maximum absolute atomic E-state index is 2.57. The Kier molecular flexibility index (Phi) is 4.74. The molecule has 0 radical (unpaired) electrons. The zero-order valence-electron chi connectivity index (χ0n) is 9.42. The largest absolute Gasteiger partial charge is 0.301 e. The van der Waals surface area contributed by atoms with Crippen LogP contribution in [0.3, 0.4) is 0 Å². The van der Waals surface area contributed by atoms with Crippen molar-refractivity contribution in [2.24, 2.45) is 0 Å². The molecule has 1 aliphatic rings. The van der Waals surface area contributed by atoms with Crippen LogP contribution in [0, 0.1) is 0 Å². The average Bonchev–Trinajstić information content (AvgIpc) is 2.17. The molecular weight excluding hydrogens is 160 g/mol. The first kappa shape index (κ1) is 11.0. The van der Waals surface area contributed by atoms with E-state index in [9.17, 15) is 0 Å². The number of hydrogen-bond donors (Lipinski definition) is 0. The molecule has 0 aromatic heterocycles. The Labute approximate surface area is 82.9 Å². The zero-order chi connectivity index (χ0) is 9.68. The maximum atomic E-state index is 2.57. The Morgan fingerprint density at radius 1 is 1.23 bits per heavy atom. The molecule has 13 heavy (non-hydrogen) atoms. The number of likely N-dealkylation sites (N-methyl/N-ethyl adjacent to an activating group) is 2. The molecule has 2 nitrogen and oxygen atoms in total. The second-order valence-corrected chi connectivity index (χ2v) is 4.17. The molecule has 0 N–H and O–H groups in total. The van der Waals surface area contributed by atoms with Gasteiger partial charge in [-0.25, -0.2) is 0 Å². The normalized spacial score (nSPS) is 26.5. The summed E-state index contributed by atoms with van der Waals surface area (Å²) in [6, 6.07) is 0.814. The molecule has 1 saturated heterocycles. The number of unbranched alkanes of at least 4 members (excludes halogenated alkanes) is 1. The lowest BCUT2D eigenvalue weighted by Gasteiger charge is -2.39. The van der Waals surface area contributed by atoms with Gasteiger partial charge in [0, 0.05) is 25.7 Å². The summed E-state index contributed by atoms with van der Waals surface area (Å²) in [5, 5.41) is 0. The summed E-state index contributed by atoms with van der Waals surface area (Å²) in [4.78, 5) is 5.10. The average molecular weight is 184 g/mol. The van der Waals surface area contributed by atoms with Crippen LogP contribution >= 0.6 is 0 Å². The summed E-state index contributed by atoms with van der Waals surface area (Å²) in [7, 11) is 2.27. The molecule has 2 heteroatoms. The first-order chi connectivity index (χ1) is 6.27. The fourth-order valence-electron chi connectivity index (χ4n) is 2.05. The minimum atomic E-state index is 0.814. The molecule has 78 valence electrons. The van der Waals surface area contributed by atoms with Gasteiger partial charge in [-0.15, -0.1) is 0 Å². The summed E-state index contributed by atoms with van der Waals surface area (Å²) in [6.45, 7) is 9.56. The van der Waals surface area contributed by atoms with Crippen LogP contribution in [-0.4, -0.2) is 49.1 Å². The van der Waals surface area contributed by atoms with Crippen LogP contribution in [0.4, 0.5) is 0 Å². The number of hydrogen-bond acceptors (Lipinski definition) is 2. The van der Waals surface area contributed by atoms with Crippen LogP contribution < -0.4 is 0 Å². The Morgan fingerprint density at radius 2 is 2.00 bits per heavy atom. The first-order valence-corrected chi connectivity index (χ1v) is 5.70. The van der Waals surface area contributed by atoms with Crippen molar-refractivity contribution in [3.8, 4) is 0 Å². The molecule has 0 aromatic carbocycles. The molecule has 0 bridgehead atoms. The van der Waals surface area contributed by atoms with E-state index >= 15 is 0 Å². The van der Waals surface area contributed by atoms with Crippen molar-refractivity contribution in [1.29, 1.82) is 0 Å². The monoisotopic (exact) mass is 184 g/mol. The summed E-state index contributed by atoms with van der Waals surface area (Å²) in [5.74, 6) is 0. The van der Waals surface area contributed by atoms with Crippen LogP contribution in [0.1, 0.15) is 33.1 Å². The highest BCUT2D eigenvalue weighted by molar-refractivity contribution is 4.79. The highest BCUT2D eigenvalue weighted by Gasteiger charge is 2.22. The topological polar surface area (TPSA) is 6.48 Å². The lowest BCUT2D eigenvalue weighted by atomic mass is 10.1. The van der Waals surface area contributed by atoms with E-state index in [-0.39, 0.29) is 0 Å². The van der Waals surface area contributed by atoms with Crippen molar-refractivity contribution in [2.75, 3.05) is 33.2 Å². The van der Waals surface area contributed by atoms with Gasteiger partial charge in [0.2, 0.25) is 0 Å². The third-order valence-electron chi connectivity index (χ3n) is 3.20. The number of piperazine rings is 1. The zero-order valence-corrected chi connectivity index (χ0v) is 9.42. The predicted molar refractivity (Wildman–Crippen MR) is 58.1 cm³/mol. The lowest BCUT2D eigenvalue weighted by Crippen LogP contribution is -2.51. The summed E-state index contributed by atoms with van der Waals surface area (Å²) in [5.41, 5.74) is 0. The van der Waals surface area contributed by atoms with Crippen molar-refractivity contribution in [3.63, 3.8) is 0 Å². The van der Waals surface area contributed by atoms with E-state index in [1.807, 2.05) is 0 Å².